The van der Waals surface area contributed by atoms with Gasteiger partial charge in [-0.2, -0.15) is 0 Å². The average molecular weight is 397 g/mol. The Bertz CT molecular complexity index is 873. The Labute approximate surface area is 169 Å². The lowest BCUT2D eigenvalue weighted by atomic mass is 9.95. The van der Waals surface area contributed by atoms with E-state index in [1.807, 2.05) is 12.1 Å². The number of piperidine rings is 1. The molecule has 0 unspecified atom stereocenters. The van der Waals surface area contributed by atoms with Crippen molar-refractivity contribution in [3.8, 4) is 0 Å². The topological polar surface area (TPSA) is 78.5 Å². The van der Waals surface area contributed by atoms with Crippen LogP contribution in [0.5, 0.6) is 0 Å². The zero-order valence-corrected chi connectivity index (χ0v) is 16.3. The van der Waals surface area contributed by atoms with Crippen LogP contribution in [0.2, 0.25) is 0 Å². The van der Waals surface area contributed by atoms with Crippen molar-refractivity contribution in [3.63, 3.8) is 0 Å². The van der Waals surface area contributed by atoms with Crippen molar-refractivity contribution in [2.24, 2.45) is 5.92 Å². The Morgan fingerprint density at radius 3 is 2.21 bits per heavy atom. The quantitative estimate of drug-likeness (QED) is 0.814. The summed E-state index contributed by atoms with van der Waals surface area (Å²) in [4.78, 5) is 38.1. The molecule has 0 aromatic heterocycles. The first-order chi connectivity index (χ1) is 14.0. The Morgan fingerprint density at radius 2 is 1.62 bits per heavy atom. The maximum atomic E-state index is 13.0. The van der Waals surface area contributed by atoms with Gasteiger partial charge < -0.3 is 15.5 Å². The predicted octanol–water partition coefficient (Wildman–Crippen LogP) is 2.61. The third-order valence-electron chi connectivity index (χ3n) is 5.11. The Morgan fingerprint density at radius 1 is 1.00 bits per heavy atom. The maximum Gasteiger partial charge on any atom is 0.253 e. The lowest BCUT2D eigenvalue weighted by molar-refractivity contribution is -0.121. The summed E-state index contributed by atoms with van der Waals surface area (Å²) >= 11 is 0. The van der Waals surface area contributed by atoms with Gasteiger partial charge >= 0.3 is 0 Å². The van der Waals surface area contributed by atoms with Crippen molar-refractivity contribution in [3.05, 3.63) is 65.5 Å². The van der Waals surface area contributed by atoms with E-state index in [0.717, 1.165) is 5.56 Å². The normalized spacial score (nSPS) is 14.3. The lowest BCUT2D eigenvalue weighted by Crippen LogP contribution is -2.41. The lowest BCUT2D eigenvalue weighted by Gasteiger charge is -2.31. The number of nitrogens with one attached hydrogen (secondary N) is 2. The molecule has 0 bridgehead atoms. The smallest absolute Gasteiger partial charge is 0.253 e. The number of amides is 3. The van der Waals surface area contributed by atoms with Crippen molar-refractivity contribution in [2.45, 2.75) is 19.3 Å². The molecule has 1 saturated heterocycles. The summed E-state index contributed by atoms with van der Waals surface area (Å²) in [6.45, 7) is 0.971. The molecule has 0 spiro atoms. The number of likely N-dealkylation sites (N-methyl/N-ethyl adjacent to an activating group) is 1. The minimum Gasteiger partial charge on any atom is -0.359 e. The zero-order valence-electron chi connectivity index (χ0n) is 16.3. The largest absolute Gasteiger partial charge is 0.359 e. The van der Waals surface area contributed by atoms with Crippen molar-refractivity contribution >= 4 is 23.4 Å². The van der Waals surface area contributed by atoms with Crippen LogP contribution in [0.15, 0.2) is 48.5 Å². The summed E-state index contributed by atoms with van der Waals surface area (Å²) in [5.41, 5.74) is 2.00. The second kappa shape index (κ2) is 9.32. The van der Waals surface area contributed by atoms with Gasteiger partial charge in [0.15, 0.2) is 0 Å². The van der Waals surface area contributed by atoms with Gasteiger partial charge in [0.1, 0.15) is 5.82 Å². The van der Waals surface area contributed by atoms with E-state index in [-0.39, 0.29) is 29.5 Å². The standard InChI is InChI=1S/C22H24FN3O3/c1-24-20(27)14-15-2-8-19(9-3-15)25-21(28)16-10-12-26(13-11-16)22(29)17-4-6-18(23)7-5-17/h2-9,16H,10-14H2,1H3,(H,24,27)(H,25,28). The van der Waals surface area contributed by atoms with Gasteiger partial charge in [0.25, 0.3) is 5.91 Å². The number of hydrogen-bond donors (Lipinski definition) is 2. The highest BCUT2D eigenvalue weighted by molar-refractivity contribution is 5.95. The van der Waals surface area contributed by atoms with Crippen LogP contribution in [0.25, 0.3) is 0 Å². The fraction of sp³-hybridized carbons (Fsp3) is 0.318. The van der Waals surface area contributed by atoms with E-state index in [9.17, 15) is 18.8 Å². The molecule has 0 aliphatic carbocycles. The third-order valence-corrected chi connectivity index (χ3v) is 5.11. The van der Waals surface area contributed by atoms with Crippen LogP contribution < -0.4 is 10.6 Å². The summed E-state index contributed by atoms with van der Waals surface area (Å²) in [7, 11) is 1.59. The van der Waals surface area contributed by atoms with E-state index in [1.54, 1.807) is 24.1 Å². The Hall–Kier alpha value is -3.22. The number of rotatable bonds is 5. The molecule has 2 aromatic carbocycles. The molecule has 3 rings (SSSR count). The number of hydrogen-bond acceptors (Lipinski definition) is 3. The van der Waals surface area contributed by atoms with E-state index < -0.39 is 0 Å². The van der Waals surface area contributed by atoms with Crippen LogP contribution in [0, 0.1) is 11.7 Å². The molecule has 1 aliphatic heterocycles. The molecule has 3 amide bonds. The molecule has 2 N–H and O–H groups in total. The van der Waals surface area contributed by atoms with Crippen LogP contribution in [-0.2, 0) is 16.0 Å². The molecule has 6 nitrogen and oxygen atoms in total. The molecule has 152 valence electrons. The van der Waals surface area contributed by atoms with Gasteiger partial charge in [0.2, 0.25) is 11.8 Å². The van der Waals surface area contributed by atoms with E-state index in [2.05, 4.69) is 10.6 Å². The SMILES string of the molecule is CNC(=O)Cc1ccc(NC(=O)C2CCN(C(=O)c3ccc(F)cc3)CC2)cc1. The van der Waals surface area contributed by atoms with Crippen LogP contribution in [0.4, 0.5) is 10.1 Å². The summed E-state index contributed by atoms with van der Waals surface area (Å²) in [5, 5.41) is 5.48. The Balaban J connectivity index is 1.50. The van der Waals surface area contributed by atoms with E-state index in [0.29, 0.717) is 43.6 Å². The molecular weight excluding hydrogens is 373 g/mol. The first-order valence-electron chi connectivity index (χ1n) is 9.61. The second-order valence-corrected chi connectivity index (χ2v) is 7.11. The number of halogens is 1. The Kier molecular flexibility index (Phi) is 6.59. The molecule has 0 radical (unpaired) electrons. The molecule has 0 atom stereocenters. The number of benzene rings is 2. The summed E-state index contributed by atoms with van der Waals surface area (Å²) in [6.07, 6.45) is 1.45. The fourth-order valence-corrected chi connectivity index (χ4v) is 3.34. The third kappa shape index (κ3) is 5.40. The monoisotopic (exact) mass is 397 g/mol. The minimum atomic E-state index is -0.376. The number of anilines is 1. The van der Waals surface area contributed by atoms with Crippen molar-refractivity contribution in [1.29, 1.82) is 0 Å². The fourth-order valence-electron chi connectivity index (χ4n) is 3.34. The number of carbonyl (C=O) groups excluding carboxylic acids is 3. The predicted molar refractivity (Wildman–Crippen MR) is 108 cm³/mol. The molecule has 1 aliphatic rings. The van der Waals surface area contributed by atoms with Gasteiger partial charge in [0.05, 0.1) is 6.42 Å². The van der Waals surface area contributed by atoms with Crippen LogP contribution in [0.1, 0.15) is 28.8 Å². The van der Waals surface area contributed by atoms with Gasteiger partial charge in [-0.05, 0) is 54.8 Å². The zero-order chi connectivity index (χ0) is 20.8. The summed E-state index contributed by atoms with van der Waals surface area (Å²) < 4.78 is 13.0. The summed E-state index contributed by atoms with van der Waals surface area (Å²) in [6, 6.07) is 12.7. The van der Waals surface area contributed by atoms with Crippen LogP contribution in [-0.4, -0.2) is 42.8 Å². The van der Waals surface area contributed by atoms with Gasteiger partial charge in [-0.15, -0.1) is 0 Å². The van der Waals surface area contributed by atoms with Gasteiger partial charge in [-0.25, -0.2) is 4.39 Å². The van der Waals surface area contributed by atoms with E-state index in [1.165, 1.54) is 24.3 Å². The van der Waals surface area contributed by atoms with Gasteiger partial charge in [0, 0.05) is 37.3 Å². The molecular formula is C22H24FN3O3. The highest BCUT2D eigenvalue weighted by Gasteiger charge is 2.27. The van der Waals surface area contributed by atoms with Crippen LogP contribution in [0.3, 0.4) is 0 Å². The molecule has 1 fully saturated rings. The molecule has 0 saturated carbocycles. The number of likely N-dealkylation sites (tertiary alicyclic amines) is 1. The molecule has 2 aromatic rings. The number of nitrogens with zero attached hydrogens (tertiary/aromatic N) is 1. The molecule has 1 heterocycles. The molecule has 29 heavy (non-hydrogen) atoms. The highest BCUT2D eigenvalue weighted by atomic mass is 19.1. The van der Waals surface area contributed by atoms with Crippen molar-refractivity contribution in [1.82, 2.24) is 10.2 Å². The average Bonchev–Trinajstić information content (AvgIpc) is 2.75. The van der Waals surface area contributed by atoms with Gasteiger partial charge in [-0.3, -0.25) is 14.4 Å². The number of carbonyl (C=O) groups is 3. The summed E-state index contributed by atoms with van der Waals surface area (Å²) in [5.74, 6) is -0.825. The highest BCUT2D eigenvalue weighted by Crippen LogP contribution is 2.21. The van der Waals surface area contributed by atoms with Crippen LogP contribution >= 0.6 is 0 Å². The second-order valence-electron chi connectivity index (χ2n) is 7.11. The first-order valence-corrected chi connectivity index (χ1v) is 9.61. The minimum absolute atomic E-state index is 0.0660. The van der Waals surface area contributed by atoms with Gasteiger partial charge in [-0.1, -0.05) is 12.1 Å². The first kappa shape index (κ1) is 20.5. The van der Waals surface area contributed by atoms with Crippen molar-refractivity contribution < 1.29 is 18.8 Å². The molecule has 7 heteroatoms. The van der Waals surface area contributed by atoms with E-state index in [4.69, 9.17) is 0 Å². The van der Waals surface area contributed by atoms with Crippen molar-refractivity contribution in [2.75, 3.05) is 25.5 Å². The van der Waals surface area contributed by atoms with E-state index >= 15 is 0 Å². The maximum absolute atomic E-state index is 13.0.